The fourth-order valence-electron chi connectivity index (χ4n) is 2.96. The second-order valence-electron chi connectivity index (χ2n) is 5.01. The van der Waals surface area contributed by atoms with Crippen molar-refractivity contribution in [3.05, 3.63) is 42.9 Å². The highest BCUT2D eigenvalue weighted by Crippen LogP contribution is 2.39. The molecule has 1 N–H and O–H groups in total. The maximum absolute atomic E-state index is 5.29. The van der Waals surface area contributed by atoms with Gasteiger partial charge in [-0.3, -0.25) is 4.98 Å². The van der Waals surface area contributed by atoms with Gasteiger partial charge in [0, 0.05) is 6.20 Å². The van der Waals surface area contributed by atoms with E-state index in [-0.39, 0.29) is 0 Å². The second kappa shape index (κ2) is 4.94. The maximum atomic E-state index is 5.29. The Balaban J connectivity index is 1.82. The summed E-state index contributed by atoms with van der Waals surface area (Å²) in [6, 6.07) is 2.05. The summed E-state index contributed by atoms with van der Waals surface area (Å²) in [5.74, 6) is 2.26. The third kappa shape index (κ3) is 2.18. The number of ether oxygens (including phenoxy) is 1. The number of hydrogen-bond acceptors (Lipinski definition) is 3. The van der Waals surface area contributed by atoms with Crippen molar-refractivity contribution in [3.63, 3.8) is 0 Å². The standard InChI is InChI=1S/C15H18N2O/c1-2-18-15-7-14(9-17-10-15)12-5-11-3-4-16-8-13(11)6-12/h2,5,7,9-11,13,16H,1,3-4,6,8H2/t11-,13-/m0/s1. The van der Waals surface area contributed by atoms with Crippen LogP contribution in [0.3, 0.4) is 0 Å². The van der Waals surface area contributed by atoms with Gasteiger partial charge in [-0.05, 0) is 55.0 Å². The number of hydrogen-bond donors (Lipinski definition) is 1. The number of allylic oxidation sites excluding steroid dienone is 2. The minimum Gasteiger partial charge on any atom is -0.464 e. The Hall–Kier alpha value is -1.61. The van der Waals surface area contributed by atoms with Crippen LogP contribution in [0.1, 0.15) is 18.4 Å². The van der Waals surface area contributed by atoms with Crippen LogP contribution in [0.2, 0.25) is 0 Å². The fourth-order valence-corrected chi connectivity index (χ4v) is 2.96. The Labute approximate surface area is 108 Å². The van der Waals surface area contributed by atoms with Gasteiger partial charge in [0.25, 0.3) is 0 Å². The average molecular weight is 242 g/mol. The first-order valence-electron chi connectivity index (χ1n) is 6.51. The highest BCUT2D eigenvalue weighted by atomic mass is 16.5. The molecule has 1 aromatic rings. The van der Waals surface area contributed by atoms with Crippen LogP contribution >= 0.6 is 0 Å². The number of nitrogens with zero attached hydrogens (tertiary/aromatic N) is 1. The van der Waals surface area contributed by atoms with Crippen molar-refractivity contribution in [2.24, 2.45) is 11.8 Å². The predicted octanol–water partition coefficient (Wildman–Crippen LogP) is 2.62. The molecular formula is C15H18N2O. The first kappa shape index (κ1) is 11.5. The van der Waals surface area contributed by atoms with Gasteiger partial charge in [-0.2, -0.15) is 0 Å². The summed E-state index contributed by atoms with van der Waals surface area (Å²) in [4.78, 5) is 4.24. The van der Waals surface area contributed by atoms with E-state index in [0.29, 0.717) is 0 Å². The zero-order chi connectivity index (χ0) is 12.4. The molecule has 2 atom stereocenters. The summed E-state index contributed by atoms with van der Waals surface area (Å²) in [7, 11) is 0. The first-order chi connectivity index (χ1) is 8.86. The number of pyridine rings is 1. The average Bonchev–Trinajstić information content (AvgIpc) is 2.83. The predicted molar refractivity (Wildman–Crippen MR) is 72.1 cm³/mol. The van der Waals surface area contributed by atoms with E-state index in [9.17, 15) is 0 Å². The van der Waals surface area contributed by atoms with Gasteiger partial charge in [0.15, 0.2) is 0 Å². The SMILES string of the molecule is C=COc1cncc(C2=C[C@@H]3CCNC[C@@H]3C2)c1. The van der Waals surface area contributed by atoms with Gasteiger partial charge in [-0.1, -0.05) is 12.7 Å². The van der Waals surface area contributed by atoms with Gasteiger partial charge in [0.2, 0.25) is 0 Å². The summed E-state index contributed by atoms with van der Waals surface area (Å²) >= 11 is 0. The van der Waals surface area contributed by atoms with E-state index in [4.69, 9.17) is 4.74 Å². The molecule has 0 aromatic carbocycles. The Kier molecular flexibility index (Phi) is 3.15. The molecule has 1 aliphatic heterocycles. The Morgan fingerprint density at radius 2 is 2.39 bits per heavy atom. The summed E-state index contributed by atoms with van der Waals surface area (Å²) in [5.41, 5.74) is 2.60. The number of rotatable bonds is 3. The van der Waals surface area contributed by atoms with Crippen molar-refractivity contribution in [3.8, 4) is 5.75 Å². The highest BCUT2D eigenvalue weighted by molar-refractivity contribution is 5.68. The van der Waals surface area contributed by atoms with Crippen LogP contribution in [0.5, 0.6) is 5.75 Å². The van der Waals surface area contributed by atoms with Crippen LogP contribution in [0.25, 0.3) is 5.57 Å². The van der Waals surface area contributed by atoms with Crippen LogP contribution < -0.4 is 10.1 Å². The van der Waals surface area contributed by atoms with E-state index in [0.717, 1.165) is 37.1 Å². The molecule has 3 nitrogen and oxygen atoms in total. The van der Waals surface area contributed by atoms with E-state index in [1.54, 1.807) is 6.20 Å². The Morgan fingerprint density at radius 3 is 3.22 bits per heavy atom. The van der Waals surface area contributed by atoms with Crippen molar-refractivity contribution in [1.82, 2.24) is 10.3 Å². The minimum absolute atomic E-state index is 0.741. The normalized spacial score (nSPS) is 26.3. The monoisotopic (exact) mass is 242 g/mol. The molecule has 18 heavy (non-hydrogen) atoms. The van der Waals surface area contributed by atoms with Gasteiger partial charge in [0.05, 0.1) is 12.5 Å². The molecule has 0 bridgehead atoms. The molecule has 94 valence electrons. The first-order valence-corrected chi connectivity index (χ1v) is 6.51. The lowest BCUT2D eigenvalue weighted by Gasteiger charge is -2.25. The Bertz CT molecular complexity index is 481. The molecule has 1 aliphatic carbocycles. The lowest BCUT2D eigenvalue weighted by atomic mass is 9.89. The molecule has 0 unspecified atom stereocenters. The summed E-state index contributed by atoms with van der Waals surface area (Å²) in [5, 5.41) is 3.47. The second-order valence-corrected chi connectivity index (χ2v) is 5.01. The van der Waals surface area contributed by atoms with E-state index in [1.165, 1.54) is 23.8 Å². The van der Waals surface area contributed by atoms with Crippen molar-refractivity contribution in [2.75, 3.05) is 13.1 Å². The van der Waals surface area contributed by atoms with Gasteiger partial charge >= 0.3 is 0 Å². The van der Waals surface area contributed by atoms with Crippen LogP contribution in [-0.2, 0) is 0 Å². The van der Waals surface area contributed by atoms with E-state index < -0.39 is 0 Å². The lowest BCUT2D eigenvalue weighted by Crippen LogP contribution is -2.33. The summed E-state index contributed by atoms with van der Waals surface area (Å²) in [6.45, 7) is 5.85. The van der Waals surface area contributed by atoms with Crippen molar-refractivity contribution >= 4 is 5.57 Å². The molecule has 3 rings (SSSR count). The van der Waals surface area contributed by atoms with Gasteiger partial charge in [-0.25, -0.2) is 0 Å². The highest BCUT2D eigenvalue weighted by Gasteiger charge is 2.30. The Morgan fingerprint density at radius 1 is 1.44 bits per heavy atom. The van der Waals surface area contributed by atoms with E-state index in [1.807, 2.05) is 12.3 Å². The van der Waals surface area contributed by atoms with Crippen LogP contribution in [-0.4, -0.2) is 18.1 Å². The van der Waals surface area contributed by atoms with Crippen LogP contribution in [0.4, 0.5) is 0 Å². The third-order valence-corrected chi connectivity index (χ3v) is 3.87. The maximum Gasteiger partial charge on any atom is 0.145 e. The summed E-state index contributed by atoms with van der Waals surface area (Å²) in [6.07, 6.45) is 9.91. The van der Waals surface area contributed by atoms with E-state index >= 15 is 0 Å². The van der Waals surface area contributed by atoms with Gasteiger partial charge < -0.3 is 10.1 Å². The largest absolute Gasteiger partial charge is 0.464 e. The number of fused-ring (bicyclic) bond motifs is 1. The molecule has 1 fully saturated rings. The number of piperidine rings is 1. The van der Waals surface area contributed by atoms with E-state index in [2.05, 4.69) is 23.0 Å². The fraction of sp³-hybridized carbons (Fsp3) is 0.400. The molecular weight excluding hydrogens is 224 g/mol. The third-order valence-electron chi connectivity index (χ3n) is 3.87. The molecule has 2 heterocycles. The number of aromatic nitrogens is 1. The van der Waals surface area contributed by atoms with Crippen LogP contribution in [0, 0.1) is 11.8 Å². The smallest absolute Gasteiger partial charge is 0.145 e. The lowest BCUT2D eigenvalue weighted by molar-refractivity contribution is 0.324. The van der Waals surface area contributed by atoms with Crippen molar-refractivity contribution < 1.29 is 4.74 Å². The van der Waals surface area contributed by atoms with Gasteiger partial charge in [0.1, 0.15) is 5.75 Å². The zero-order valence-corrected chi connectivity index (χ0v) is 10.4. The van der Waals surface area contributed by atoms with Gasteiger partial charge in [-0.15, -0.1) is 0 Å². The topological polar surface area (TPSA) is 34.1 Å². The molecule has 2 aliphatic rings. The van der Waals surface area contributed by atoms with Crippen molar-refractivity contribution in [2.45, 2.75) is 12.8 Å². The number of nitrogens with one attached hydrogen (secondary N) is 1. The zero-order valence-electron chi connectivity index (χ0n) is 10.4. The molecule has 0 spiro atoms. The summed E-state index contributed by atoms with van der Waals surface area (Å²) < 4.78 is 5.29. The molecule has 0 saturated carbocycles. The van der Waals surface area contributed by atoms with Crippen LogP contribution in [0.15, 0.2) is 37.4 Å². The molecule has 0 radical (unpaired) electrons. The molecule has 1 saturated heterocycles. The molecule has 3 heteroatoms. The molecule has 0 amide bonds. The van der Waals surface area contributed by atoms with Crippen molar-refractivity contribution in [1.29, 1.82) is 0 Å². The minimum atomic E-state index is 0.741. The molecule has 1 aromatic heterocycles. The quantitative estimate of drug-likeness (QED) is 0.827.